The molecule has 0 aromatic heterocycles. The van der Waals surface area contributed by atoms with Crippen LogP contribution in [0.1, 0.15) is 55.2 Å². The first-order valence-corrected chi connectivity index (χ1v) is 11.0. The summed E-state index contributed by atoms with van der Waals surface area (Å²) in [5.74, 6) is 0.912. The van der Waals surface area contributed by atoms with E-state index in [0.717, 1.165) is 51.0 Å². The van der Waals surface area contributed by atoms with Gasteiger partial charge in [-0.1, -0.05) is 31.2 Å². The molecule has 1 aliphatic carbocycles. The van der Waals surface area contributed by atoms with E-state index >= 15 is 0 Å². The lowest BCUT2D eigenvalue weighted by molar-refractivity contribution is 0.164. The minimum atomic E-state index is 0.250. The molecular weight excluding hydrogens is 358 g/mol. The molecule has 5 rings (SSSR count). The Morgan fingerprint density at radius 3 is 2.83 bits per heavy atom. The molecule has 29 heavy (non-hydrogen) atoms. The summed E-state index contributed by atoms with van der Waals surface area (Å²) < 4.78 is 0. The number of likely N-dealkylation sites (tertiary alicyclic amines) is 1. The quantitative estimate of drug-likeness (QED) is 0.819. The Hall–Kier alpha value is -2.30. The van der Waals surface area contributed by atoms with E-state index in [1.807, 2.05) is 6.20 Å². The van der Waals surface area contributed by atoms with Gasteiger partial charge in [-0.05, 0) is 62.4 Å². The first kappa shape index (κ1) is 18.7. The Morgan fingerprint density at radius 2 is 2.07 bits per heavy atom. The zero-order valence-corrected chi connectivity index (χ0v) is 17.1. The van der Waals surface area contributed by atoms with Gasteiger partial charge in [-0.2, -0.15) is 0 Å². The molecule has 0 amide bonds. The smallest absolute Gasteiger partial charge is 0.0722 e. The number of hydrogen-bond donors (Lipinski definition) is 1. The number of aliphatic hydroxyl groups is 1. The Labute approximate surface area is 173 Å². The molecule has 0 radical (unpaired) electrons. The van der Waals surface area contributed by atoms with Crippen LogP contribution in [0.4, 0.5) is 5.69 Å². The molecule has 0 spiro atoms. The lowest BCUT2D eigenvalue weighted by Crippen LogP contribution is -2.35. The monoisotopic (exact) mass is 387 g/mol. The number of nitrogens with zero attached hydrogens (tertiary/aromatic N) is 3. The maximum absolute atomic E-state index is 9.23. The van der Waals surface area contributed by atoms with Gasteiger partial charge in [-0.25, -0.2) is 0 Å². The largest absolute Gasteiger partial charge is 0.395 e. The van der Waals surface area contributed by atoms with Crippen molar-refractivity contribution >= 4 is 22.7 Å². The van der Waals surface area contributed by atoms with Crippen LogP contribution in [0.2, 0.25) is 0 Å². The van der Waals surface area contributed by atoms with Crippen molar-refractivity contribution in [2.75, 3.05) is 26.2 Å². The molecule has 1 fully saturated rings. The molecule has 4 heteroatoms. The predicted octanol–water partition coefficient (Wildman–Crippen LogP) is 4.63. The second-order valence-electron chi connectivity index (χ2n) is 8.55. The van der Waals surface area contributed by atoms with Crippen molar-refractivity contribution in [2.24, 2.45) is 15.9 Å². The summed E-state index contributed by atoms with van der Waals surface area (Å²) in [6.07, 6.45) is 15.1. The fourth-order valence-corrected chi connectivity index (χ4v) is 5.06. The van der Waals surface area contributed by atoms with Crippen LogP contribution in [0, 0.1) is 5.92 Å². The molecule has 1 aromatic rings. The number of aliphatic hydroxyl groups excluding tert-OH is 1. The van der Waals surface area contributed by atoms with Crippen LogP contribution in [-0.4, -0.2) is 47.7 Å². The Balaban J connectivity index is 1.55. The molecule has 4 nitrogen and oxygen atoms in total. The maximum atomic E-state index is 9.23. The third kappa shape index (κ3) is 3.45. The first-order valence-electron chi connectivity index (χ1n) is 11.0. The van der Waals surface area contributed by atoms with Crippen LogP contribution in [0.5, 0.6) is 0 Å². The molecule has 1 atom stereocenters. The van der Waals surface area contributed by atoms with E-state index in [1.165, 1.54) is 33.7 Å². The van der Waals surface area contributed by atoms with E-state index in [2.05, 4.69) is 48.3 Å². The molecule has 0 bridgehead atoms. The highest BCUT2D eigenvalue weighted by Crippen LogP contribution is 2.44. The van der Waals surface area contributed by atoms with Crippen molar-refractivity contribution < 1.29 is 5.11 Å². The highest BCUT2D eigenvalue weighted by Gasteiger charge is 2.31. The highest BCUT2D eigenvalue weighted by atomic mass is 16.3. The first-order chi connectivity index (χ1) is 14.2. The molecule has 1 aromatic carbocycles. The molecule has 1 N–H and O–H groups in total. The standard InChI is InChI=1S/C25H29N3O/c1-17-5-4-6-20-24-21(22-7-2-3-10-26-22)15-19(16-23(24)27-25(17)20)18-8-11-28(12-9-18)13-14-29/h3-6,10,15-18,29H,2,7-9,11-14H2,1H3. The van der Waals surface area contributed by atoms with Gasteiger partial charge >= 0.3 is 0 Å². The van der Waals surface area contributed by atoms with E-state index < -0.39 is 0 Å². The Morgan fingerprint density at radius 1 is 1.21 bits per heavy atom. The number of piperidine rings is 1. The lowest BCUT2D eigenvalue weighted by Gasteiger charge is -2.32. The number of aliphatic imine (C=N–C) groups is 2. The summed E-state index contributed by atoms with van der Waals surface area (Å²) >= 11 is 0. The second-order valence-corrected chi connectivity index (χ2v) is 8.55. The third-order valence-electron chi connectivity index (χ3n) is 6.69. The second kappa shape index (κ2) is 7.85. The van der Waals surface area contributed by atoms with Crippen molar-refractivity contribution in [2.45, 2.75) is 38.5 Å². The lowest BCUT2D eigenvalue weighted by atomic mass is 9.82. The molecule has 4 aliphatic rings. The van der Waals surface area contributed by atoms with Gasteiger partial charge in [0.05, 0.1) is 18.0 Å². The number of hydrogen-bond acceptors (Lipinski definition) is 4. The van der Waals surface area contributed by atoms with Gasteiger partial charge in [0, 0.05) is 41.1 Å². The van der Waals surface area contributed by atoms with Crippen LogP contribution >= 0.6 is 0 Å². The van der Waals surface area contributed by atoms with Gasteiger partial charge in [0.2, 0.25) is 0 Å². The summed E-state index contributed by atoms with van der Waals surface area (Å²) in [6, 6.07) is 4.74. The van der Waals surface area contributed by atoms with Gasteiger partial charge in [-0.15, -0.1) is 0 Å². The number of fused-ring (bicyclic) bond motifs is 3. The Kier molecular flexibility index (Phi) is 5.06. The van der Waals surface area contributed by atoms with E-state index in [9.17, 15) is 5.11 Å². The van der Waals surface area contributed by atoms with Gasteiger partial charge < -0.3 is 10.0 Å². The fraction of sp³-hybridized carbons (Fsp3) is 0.440. The molecule has 3 aliphatic heterocycles. The van der Waals surface area contributed by atoms with E-state index in [-0.39, 0.29) is 6.61 Å². The summed E-state index contributed by atoms with van der Waals surface area (Å²) in [4.78, 5) is 12.2. The topological polar surface area (TPSA) is 48.2 Å². The minimum absolute atomic E-state index is 0.250. The zero-order chi connectivity index (χ0) is 19.8. The molecular formula is C25H29N3O. The molecule has 1 saturated heterocycles. The van der Waals surface area contributed by atoms with Crippen molar-refractivity contribution in [1.29, 1.82) is 0 Å². The van der Waals surface area contributed by atoms with Crippen LogP contribution in [0.15, 0.2) is 52.6 Å². The SMILES string of the molecule is CC1C=CC=C2C1=Nc1cc(C3CCN(CCO)CC3)cc(C3=NC=CCC3)c12. The molecule has 1 unspecified atom stereocenters. The van der Waals surface area contributed by atoms with E-state index in [4.69, 9.17) is 9.98 Å². The van der Waals surface area contributed by atoms with E-state index in [1.54, 1.807) is 0 Å². The molecule has 150 valence electrons. The van der Waals surface area contributed by atoms with Crippen LogP contribution in [0.25, 0.3) is 5.57 Å². The highest BCUT2D eigenvalue weighted by molar-refractivity contribution is 6.33. The summed E-state index contributed by atoms with van der Waals surface area (Å²) in [5, 5.41) is 9.23. The number of allylic oxidation sites excluding steroid dienone is 5. The number of benzene rings is 1. The molecule has 0 saturated carbocycles. The van der Waals surface area contributed by atoms with Crippen LogP contribution < -0.4 is 0 Å². The van der Waals surface area contributed by atoms with E-state index in [0.29, 0.717) is 11.8 Å². The van der Waals surface area contributed by atoms with Crippen molar-refractivity contribution in [3.63, 3.8) is 0 Å². The van der Waals surface area contributed by atoms with Crippen molar-refractivity contribution in [3.05, 3.63) is 59.3 Å². The molecule has 3 heterocycles. The average Bonchev–Trinajstić information content (AvgIpc) is 3.15. The predicted molar refractivity (Wildman–Crippen MR) is 120 cm³/mol. The number of rotatable bonds is 4. The van der Waals surface area contributed by atoms with Crippen LogP contribution in [0.3, 0.4) is 0 Å². The van der Waals surface area contributed by atoms with Gasteiger partial charge in [-0.3, -0.25) is 9.98 Å². The maximum Gasteiger partial charge on any atom is 0.0722 e. The van der Waals surface area contributed by atoms with Crippen LogP contribution in [-0.2, 0) is 0 Å². The summed E-state index contributed by atoms with van der Waals surface area (Å²) in [5.41, 5.74) is 8.78. The summed E-state index contributed by atoms with van der Waals surface area (Å²) in [7, 11) is 0. The fourth-order valence-electron chi connectivity index (χ4n) is 5.06. The Bertz CT molecular complexity index is 959. The van der Waals surface area contributed by atoms with Crippen molar-refractivity contribution in [3.8, 4) is 0 Å². The van der Waals surface area contributed by atoms with Crippen molar-refractivity contribution in [1.82, 2.24) is 4.90 Å². The van der Waals surface area contributed by atoms with Gasteiger partial charge in [0.25, 0.3) is 0 Å². The van der Waals surface area contributed by atoms with Gasteiger partial charge in [0.15, 0.2) is 0 Å². The normalized spacial score (nSPS) is 24.1. The zero-order valence-electron chi connectivity index (χ0n) is 17.1. The van der Waals surface area contributed by atoms with Gasteiger partial charge in [0.1, 0.15) is 0 Å². The third-order valence-corrected chi connectivity index (χ3v) is 6.69. The number of β-amino-alcohol motifs (C(OH)–C–C–N with tert-alkyl or cyclic N) is 1. The summed E-state index contributed by atoms with van der Waals surface area (Å²) in [6.45, 7) is 5.38. The average molecular weight is 388 g/mol. The minimum Gasteiger partial charge on any atom is -0.395 e.